The van der Waals surface area contributed by atoms with Gasteiger partial charge in [0.25, 0.3) is 0 Å². The normalized spacial score (nSPS) is 11.8. The van der Waals surface area contributed by atoms with Crippen molar-refractivity contribution in [1.29, 1.82) is 0 Å². The molecule has 0 aliphatic carbocycles. The molecule has 0 saturated carbocycles. The summed E-state index contributed by atoms with van der Waals surface area (Å²) in [6, 6.07) is 50.0. The highest BCUT2D eigenvalue weighted by Crippen LogP contribution is 2.39. The molecule has 10 aromatic rings. The van der Waals surface area contributed by atoms with E-state index in [1.807, 2.05) is 42.5 Å². The molecule has 0 unspecified atom stereocenters. The van der Waals surface area contributed by atoms with Crippen molar-refractivity contribution in [3.63, 3.8) is 0 Å². The SMILES string of the molecule is c1ccc(-c2nc3ccc4cccc(-c5nc(-c6ccc7c(c6)sc6ccccc67)nc(-c6cccc7ccccc67)n5)c4c3o2)cc1. The van der Waals surface area contributed by atoms with Gasteiger partial charge in [0.2, 0.25) is 5.89 Å². The average molecular weight is 633 g/mol. The van der Waals surface area contributed by atoms with Crippen LogP contribution in [0.25, 0.3) is 98.4 Å². The lowest BCUT2D eigenvalue weighted by Crippen LogP contribution is -2.01. The third-order valence-electron chi connectivity index (χ3n) is 8.96. The number of thiophene rings is 1. The quantitative estimate of drug-likeness (QED) is 0.193. The van der Waals surface area contributed by atoms with Crippen molar-refractivity contribution >= 4 is 64.2 Å². The van der Waals surface area contributed by atoms with Crippen LogP contribution in [0.2, 0.25) is 0 Å². The fraction of sp³-hybridized carbons (Fsp3) is 0. The summed E-state index contributed by atoms with van der Waals surface area (Å²) in [7, 11) is 0. The molecular formula is C42H24N4OS. The van der Waals surface area contributed by atoms with E-state index in [0.29, 0.717) is 28.9 Å². The Morgan fingerprint density at radius 2 is 1.12 bits per heavy atom. The third-order valence-corrected chi connectivity index (χ3v) is 10.1. The van der Waals surface area contributed by atoms with Gasteiger partial charge in [-0.25, -0.2) is 19.9 Å². The zero-order valence-electron chi connectivity index (χ0n) is 25.5. The van der Waals surface area contributed by atoms with Crippen molar-refractivity contribution in [2.24, 2.45) is 0 Å². The number of fused-ring (bicyclic) bond motifs is 7. The van der Waals surface area contributed by atoms with E-state index in [2.05, 4.69) is 103 Å². The van der Waals surface area contributed by atoms with Crippen molar-refractivity contribution < 1.29 is 4.42 Å². The average Bonchev–Trinajstić information content (AvgIpc) is 3.76. The number of nitrogens with zero attached hydrogens (tertiary/aromatic N) is 4. The summed E-state index contributed by atoms with van der Waals surface area (Å²) in [5.74, 6) is 2.40. The van der Waals surface area contributed by atoms with Crippen LogP contribution in [0.5, 0.6) is 0 Å². The van der Waals surface area contributed by atoms with E-state index in [9.17, 15) is 0 Å². The highest BCUT2D eigenvalue weighted by molar-refractivity contribution is 7.25. The Bertz CT molecular complexity index is 2850. The zero-order chi connectivity index (χ0) is 31.6. The summed E-state index contributed by atoms with van der Waals surface area (Å²) in [5.41, 5.74) is 5.18. The first-order valence-electron chi connectivity index (χ1n) is 15.8. The third kappa shape index (κ3) is 4.31. The fourth-order valence-electron chi connectivity index (χ4n) is 6.68. The van der Waals surface area contributed by atoms with E-state index in [1.54, 1.807) is 11.3 Å². The minimum absolute atomic E-state index is 0.579. The molecule has 0 amide bonds. The minimum atomic E-state index is 0.579. The van der Waals surface area contributed by atoms with Gasteiger partial charge >= 0.3 is 0 Å². The number of oxazole rings is 1. The molecule has 0 N–H and O–H groups in total. The van der Waals surface area contributed by atoms with Crippen LogP contribution < -0.4 is 0 Å². The van der Waals surface area contributed by atoms with Crippen LogP contribution in [0, 0.1) is 0 Å². The van der Waals surface area contributed by atoms with Gasteiger partial charge in [0.1, 0.15) is 5.52 Å². The highest BCUT2D eigenvalue weighted by atomic mass is 32.1. The maximum atomic E-state index is 6.51. The summed E-state index contributed by atoms with van der Waals surface area (Å²) >= 11 is 1.79. The van der Waals surface area contributed by atoms with Crippen LogP contribution in [0.15, 0.2) is 150 Å². The molecule has 10 rings (SSSR count). The van der Waals surface area contributed by atoms with E-state index < -0.39 is 0 Å². The molecule has 3 aromatic heterocycles. The smallest absolute Gasteiger partial charge is 0.227 e. The van der Waals surface area contributed by atoms with E-state index in [1.165, 1.54) is 20.2 Å². The molecule has 0 atom stereocenters. The van der Waals surface area contributed by atoms with E-state index >= 15 is 0 Å². The summed E-state index contributed by atoms with van der Waals surface area (Å²) in [6.07, 6.45) is 0. The molecule has 5 nitrogen and oxygen atoms in total. The summed E-state index contributed by atoms with van der Waals surface area (Å²) < 4.78 is 8.97. The molecule has 7 aromatic carbocycles. The Morgan fingerprint density at radius 3 is 2.02 bits per heavy atom. The van der Waals surface area contributed by atoms with Crippen molar-refractivity contribution in [3.8, 4) is 45.6 Å². The van der Waals surface area contributed by atoms with Gasteiger partial charge in [0, 0.05) is 47.8 Å². The van der Waals surface area contributed by atoms with Crippen molar-refractivity contribution in [2.45, 2.75) is 0 Å². The monoisotopic (exact) mass is 632 g/mol. The molecule has 0 fully saturated rings. The van der Waals surface area contributed by atoms with Gasteiger partial charge in [-0.2, -0.15) is 0 Å². The Morgan fingerprint density at radius 1 is 0.438 bits per heavy atom. The fourth-order valence-corrected chi connectivity index (χ4v) is 7.82. The van der Waals surface area contributed by atoms with Gasteiger partial charge < -0.3 is 4.42 Å². The predicted molar refractivity (Wildman–Crippen MR) is 197 cm³/mol. The molecule has 0 aliphatic rings. The molecule has 0 saturated heterocycles. The van der Waals surface area contributed by atoms with Crippen LogP contribution in [-0.4, -0.2) is 19.9 Å². The molecule has 0 aliphatic heterocycles. The standard InChI is InChI=1S/C42H24N4OS/c1-2-11-27(12-3-1)42-43-34-23-21-26-14-9-18-33(37(26)38(34)47-42)41-45-39(28-20-22-31-30-16-6-7-19-35(30)48-36(31)24-28)44-40(46-41)32-17-8-13-25-10-4-5-15-29(25)32/h1-24H. The van der Waals surface area contributed by atoms with Crippen molar-refractivity contribution in [1.82, 2.24) is 19.9 Å². The molecule has 3 heterocycles. The second-order valence-corrected chi connectivity index (χ2v) is 12.9. The Balaban J connectivity index is 1.24. The van der Waals surface area contributed by atoms with Gasteiger partial charge in [-0.3, -0.25) is 0 Å². The molecule has 0 bridgehead atoms. The van der Waals surface area contributed by atoms with E-state index in [0.717, 1.165) is 49.3 Å². The second kappa shape index (κ2) is 10.7. The molecule has 6 heteroatoms. The van der Waals surface area contributed by atoms with Crippen LogP contribution >= 0.6 is 11.3 Å². The van der Waals surface area contributed by atoms with Gasteiger partial charge in [0.15, 0.2) is 23.1 Å². The number of aromatic nitrogens is 4. The summed E-state index contributed by atoms with van der Waals surface area (Å²) in [5, 5.41) is 6.66. The molecule has 224 valence electrons. The minimum Gasteiger partial charge on any atom is -0.435 e. The van der Waals surface area contributed by atoms with Crippen LogP contribution in [-0.2, 0) is 0 Å². The first kappa shape index (κ1) is 26.9. The van der Waals surface area contributed by atoms with E-state index in [4.69, 9.17) is 24.4 Å². The van der Waals surface area contributed by atoms with Gasteiger partial charge in [0.05, 0.1) is 0 Å². The van der Waals surface area contributed by atoms with E-state index in [-0.39, 0.29) is 0 Å². The maximum absolute atomic E-state index is 6.51. The van der Waals surface area contributed by atoms with Crippen molar-refractivity contribution in [3.05, 3.63) is 146 Å². The summed E-state index contributed by atoms with van der Waals surface area (Å²) in [6.45, 7) is 0. The van der Waals surface area contributed by atoms with Gasteiger partial charge in [-0.05, 0) is 46.5 Å². The molecular weight excluding hydrogens is 609 g/mol. The number of hydrogen-bond acceptors (Lipinski definition) is 6. The lowest BCUT2D eigenvalue weighted by molar-refractivity contribution is 0.623. The predicted octanol–water partition coefficient (Wildman–Crippen LogP) is 11.4. The molecule has 48 heavy (non-hydrogen) atoms. The topological polar surface area (TPSA) is 64.7 Å². The Labute approximate surface area is 278 Å². The van der Waals surface area contributed by atoms with Crippen LogP contribution in [0.3, 0.4) is 0 Å². The first-order valence-corrected chi connectivity index (χ1v) is 16.6. The number of rotatable bonds is 4. The molecule has 0 radical (unpaired) electrons. The highest BCUT2D eigenvalue weighted by Gasteiger charge is 2.20. The zero-order valence-corrected chi connectivity index (χ0v) is 26.3. The van der Waals surface area contributed by atoms with Gasteiger partial charge in [-0.15, -0.1) is 11.3 Å². The lowest BCUT2D eigenvalue weighted by Gasteiger charge is -2.12. The van der Waals surface area contributed by atoms with Gasteiger partial charge in [-0.1, -0.05) is 115 Å². The van der Waals surface area contributed by atoms with Crippen LogP contribution in [0.1, 0.15) is 0 Å². The summed E-state index contributed by atoms with van der Waals surface area (Å²) in [4.78, 5) is 20.4. The Kier molecular flexibility index (Phi) is 5.98. The lowest BCUT2D eigenvalue weighted by atomic mass is 10.0. The van der Waals surface area contributed by atoms with Crippen LogP contribution in [0.4, 0.5) is 0 Å². The largest absolute Gasteiger partial charge is 0.435 e. The van der Waals surface area contributed by atoms with Crippen molar-refractivity contribution in [2.75, 3.05) is 0 Å². The number of hydrogen-bond donors (Lipinski definition) is 0. The number of benzene rings is 7. The first-order chi connectivity index (χ1) is 23.8. The second-order valence-electron chi connectivity index (χ2n) is 11.8. The Hall–Kier alpha value is -6.24. The maximum Gasteiger partial charge on any atom is 0.227 e. The molecule has 0 spiro atoms.